The second-order valence-corrected chi connectivity index (χ2v) is 14.0. The summed E-state index contributed by atoms with van der Waals surface area (Å²) in [5, 5.41) is 7.38. The summed E-state index contributed by atoms with van der Waals surface area (Å²) in [4.78, 5) is 15.6. The van der Waals surface area contributed by atoms with Crippen molar-refractivity contribution in [2.24, 2.45) is 0 Å². The molecular formula is C48H33N3. The van der Waals surface area contributed by atoms with Crippen molar-refractivity contribution in [1.82, 2.24) is 15.0 Å². The predicted octanol–water partition coefficient (Wildman–Crippen LogP) is 12.3. The summed E-state index contributed by atoms with van der Waals surface area (Å²) in [5.41, 5.74) is 10.3. The van der Waals surface area contributed by atoms with Gasteiger partial charge in [0.15, 0.2) is 17.5 Å². The van der Waals surface area contributed by atoms with Gasteiger partial charge in [0.1, 0.15) is 0 Å². The zero-order valence-corrected chi connectivity index (χ0v) is 28.4. The molecule has 0 radical (unpaired) electrons. The van der Waals surface area contributed by atoms with E-state index in [1.807, 2.05) is 6.07 Å². The lowest BCUT2D eigenvalue weighted by atomic mass is 9.82. The molecule has 1 aliphatic carbocycles. The van der Waals surface area contributed by atoms with Crippen LogP contribution in [0.15, 0.2) is 164 Å². The van der Waals surface area contributed by atoms with E-state index < -0.39 is 0 Å². The zero-order chi connectivity index (χ0) is 34.1. The SMILES string of the molecule is CC1(C)c2ccccc2-c2ccc(-c3nc(-c4cccc(-c5ccccc5)c4)nc(-c4ccc5c6ccccc6c6ccccc6c5c4)n3)cc21. The quantitative estimate of drug-likeness (QED) is 0.178. The number of aromatic nitrogens is 3. The highest BCUT2D eigenvalue weighted by Crippen LogP contribution is 2.49. The summed E-state index contributed by atoms with van der Waals surface area (Å²) in [6.07, 6.45) is 0. The Morgan fingerprint density at radius 3 is 1.47 bits per heavy atom. The van der Waals surface area contributed by atoms with Crippen molar-refractivity contribution < 1.29 is 0 Å². The fourth-order valence-corrected chi connectivity index (χ4v) is 8.12. The molecular weight excluding hydrogens is 619 g/mol. The van der Waals surface area contributed by atoms with Gasteiger partial charge < -0.3 is 0 Å². The zero-order valence-electron chi connectivity index (χ0n) is 28.4. The van der Waals surface area contributed by atoms with Gasteiger partial charge >= 0.3 is 0 Å². The maximum absolute atomic E-state index is 5.23. The summed E-state index contributed by atoms with van der Waals surface area (Å²) in [6.45, 7) is 4.62. The second kappa shape index (κ2) is 11.3. The van der Waals surface area contributed by atoms with Gasteiger partial charge in [-0.2, -0.15) is 0 Å². The largest absolute Gasteiger partial charge is 0.208 e. The summed E-state index contributed by atoms with van der Waals surface area (Å²) < 4.78 is 0. The summed E-state index contributed by atoms with van der Waals surface area (Å²) in [6, 6.07) is 58.4. The van der Waals surface area contributed by atoms with Crippen molar-refractivity contribution in [2.45, 2.75) is 19.3 Å². The van der Waals surface area contributed by atoms with Crippen molar-refractivity contribution >= 4 is 32.3 Å². The monoisotopic (exact) mass is 651 g/mol. The average molecular weight is 652 g/mol. The molecule has 0 bridgehead atoms. The molecule has 3 heteroatoms. The van der Waals surface area contributed by atoms with Gasteiger partial charge in [0.2, 0.25) is 0 Å². The smallest absolute Gasteiger partial charge is 0.164 e. The minimum atomic E-state index is -0.132. The molecule has 51 heavy (non-hydrogen) atoms. The van der Waals surface area contributed by atoms with Gasteiger partial charge in [0.05, 0.1) is 0 Å². The van der Waals surface area contributed by atoms with Crippen molar-refractivity contribution in [3.8, 4) is 56.4 Å². The number of hydrogen-bond acceptors (Lipinski definition) is 3. The van der Waals surface area contributed by atoms with Crippen molar-refractivity contribution in [3.63, 3.8) is 0 Å². The fraction of sp³-hybridized carbons (Fsp3) is 0.0625. The fourth-order valence-electron chi connectivity index (χ4n) is 8.12. The number of rotatable bonds is 4. The molecule has 9 aromatic rings. The van der Waals surface area contributed by atoms with Crippen LogP contribution < -0.4 is 0 Å². The van der Waals surface area contributed by atoms with Crippen LogP contribution in [0, 0.1) is 0 Å². The van der Waals surface area contributed by atoms with Gasteiger partial charge in [0.25, 0.3) is 0 Å². The average Bonchev–Trinajstić information content (AvgIpc) is 3.43. The van der Waals surface area contributed by atoms with E-state index in [2.05, 4.69) is 172 Å². The van der Waals surface area contributed by atoms with Crippen LogP contribution in [0.2, 0.25) is 0 Å². The molecule has 0 saturated heterocycles. The van der Waals surface area contributed by atoms with Crippen molar-refractivity contribution in [3.05, 3.63) is 175 Å². The molecule has 10 rings (SSSR count). The Hall–Kier alpha value is -6.45. The first-order valence-corrected chi connectivity index (χ1v) is 17.5. The normalized spacial score (nSPS) is 13.1. The molecule has 0 N–H and O–H groups in total. The maximum Gasteiger partial charge on any atom is 0.164 e. The third-order valence-electron chi connectivity index (χ3n) is 10.7. The molecule has 1 aromatic heterocycles. The third kappa shape index (κ3) is 4.69. The van der Waals surface area contributed by atoms with Crippen molar-refractivity contribution in [2.75, 3.05) is 0 Å². The van der Waals surface area contributed by atoms with E-state index in [-0.39, 0.29) is 5.41 Å². The van der Waals surface area contributed by atoms with E-state index in [1.165, 1.54) is 54.6 Å². The topological polar surface area (TPSA) is 38.7 Å². The molecule has 0 aliphatic heterocycles. The molecule has 0 saturated carbocycles. The van der Waals surface area contributed by atoms with Crippen LogP contribution in [0.1, 0.15) is 25.0 Å². The van der Waals surface area contributed by atoms with Crippen LogP contribution >= 0.6 is 0 Å². The molecule has 0 atom stereocenters. The van der Waals surface area contributed by atoms with Crippen LogP contribution in [-0.2, 0) is 5.41 Å². The number of hydrogen-bond donors (Lipinski definition) is 0. The molecule has 3 nitrogen and oxygen atoms in total. The predicted molar refractivity (Wildman–Crippen MR) is 212 cm³/mol. The van der Waals surface area contributed by atoms with Crippen LogP contribution in [0.4, 0.5) is 0 Å². The Bertz CT molecular complexity index is 2800. The molecule has 1 heterocycles. The van der Waals surface area contributed by atoms with Gasteiger partial charge in [-0.25, -0.2) is 15.0 Å². The van der Waals surface area contributed by atoms with Crippen LogP contribution in [0.5, 0.6) is 0 Å². The minimum absolute atomic E-state index is 0.132. The van der Waals surface area contributed by atoms with Crippen LogP contribution in [0.3, 0.4) is 0 Å². The third-order valence-corrected chi connectivity index (χ3v) is 10.7. The summed E-state index contributed by atoms with van der Waals surface area (Å²) in [5.74, 6) is 1.97. The Morgan fingerprint density at radius 2 is 0.784 bits per heavy atom. The Morgan fingerprint density at radius 1 is 0.314 bits per heavy atom. The lowest BCUT2D eigenvalue weighted by Crippen LogP contribution is -2.15. The van der Waals surface area contributed by atoms with Gasteiger partial charge in [-0.05, 0) is 83.9 Å². The van der Waals surface area contributed by atoms with E-state index in [0.717, 1.165) is 27.8 Å². The maximum atomic E-state index is 5.23. The van der Waals surface area contributed by atoms with E-state index in [1.54, 1.807) is 0 Å². The van der Waals surface area contributed by atoms with E-state index in [0.29, 0.717) is 17.5 Å². The Balaban J connectivity index is 1.19. The van der Waals surface area contributed by atoms with Gasteiger partial charge in [-0.3, -0.25) is 0 Å². The first-order chi connectivity index (χ1) is 25.0. The highest BCUT2D eigenvalue weighted by Gasteiger charge is 2.35. The highest BCUT2D eigenvalue weighted by molar-refractivity contribution is 6.25. The lowest BCUT2D eigenvalue weighted by molar-refractivity contribution is 0.660. The van der Waals surface area contributed by atoms with E-state index in [9.17, 15) is 0 Å². The molecule has 0 amide bonds. The summed E-state index contributed by atoms with van der Waals surface area (Å²) in [7, 11) is 0. The van der Waals surface area contributed by atoms with Gasteiger partial charge in [-0.15, -0.1) is 0 Å². The highest BCUT2D eigenvalue weighted by atomic mass is 15.0. The molecule has 8 aromatic carbocycles. The van der Waals surface area contributed by atoms with E-state index in [4.69, 9.17) is 15.0 Å². The molecule has 240 valence electrons. The molecule has 1 aliphatic rings. The molecule has 0 fully saturated rings. The van der Waals surface area contributed by atoms with Gasteiger partial charge in [-0.1, -0.05) is 159 Å². The molecule has 0 spiro atoms. The number of benzene rings is 8. The summed E-state index contributed by atoms with van der Waals surface area (Å²) >= 11 is 0. The van der Waals surface area contributed by atoms with E-state index >= 15 is 0 Å². The first kappa shape index (κ1) is 29.5. The Labute approximate surface area is 297 Å². The van der Waals surface area contributed by atoms with Crippen LogP contribution in [-0.4, -0.2) is 15.0 Å². The Kier molecular flexibility index (Phi) is 6.53. The van der Waals surface area contributed by atoms with Gasteiger partial charge in [0, 0.05) is 22.1 Å². The minimum Gasteiger partial charge on any atom is -0.208 e. The number of fused-ring (bicyclic) bond motifs is 9. The first-order valence-electron chi connectivity index (χ1n) is 17.5. The molecule has 0 unspecified atom stereocenters. The standard InChI is InChI=1S/C48H33N3/c1-48(2)43-22-11-10-21-40(43)41-26-24-34(29-44(41)48)47-50-45(32-16-12-15-31(27-32)30-13-4-3-5-14-30)49-46(51-47)33-23-25-39-37-19-7-6-17-35(37)36-18-8-9-20-38(36)42(39)28-33/h3-29H,1-2H3. The van der Waals surface area contributed by atoms with Crippen molar-refractivity contribution in [1.29, 1.82) is 0 Å². The number of nitrogens with zero attached hydrogens (tertiary/aromatic N) is 3. The van der Waals surface area contributed by atoms with Crippen LogP contribution in [0.25, 0.3) is 88.7 Å². The lowest BCUT2D eigenvalue weighted by Gasteiger charge is -2.21. The second-order valence-electron chi connectivity index (χ2n) is 14.0.